The molecule has 1 amide bonds. The standard InChI is InChI=1S/C10H10Cl2N2O2/c11-5-3-6(12)9-8(4-5)16-7(1-2-13)10(15)14-9/h3-4,7H,1-2,13H2,(H,14,15). The van der Waals surface area contributed by atoms with E-state index in [1.807, 2.05) is 0 Å². The predicted octanol–water partition coefficient (Wildman–Crippen LogP) is 2.04. The molecule has 0 aromatic heterocycles. The molecule has 6 heteroatoms. The highest BCUT2D eigenvalue weighted by Gasteiger charge is 2.28. The number of carbonyl (C=O) groups is 1. The Morgan fingerprint density at radius 3 is 2.88 bits per heavy atom. The van der Waals surface area contributed by atoms with Gasteiger partial charge in [0.05, 0.1) is 5.02 Å². The van der Waals surface area contributed by atoms with Crippen molar-refractivity contribution < 1.29 is 9.53 Å². The van der Waals surface area contributed by atoms with Crippen LogP contribution in [0.4, 0.5) is 5.69 Å². The second kappa shape index (κ2) is 4.49. The molecule has 1 aliphatic rings. The SMILES string of the molecule is NCCC1Oc2cc(Cl)cc(Cl)c2NC1=O. The first-order valence-corrected chi connectivity index (χ1v) is 5.54. The van der Waals surface area contributed by atoms with E-state index in [1.165, 1.54) is 0 Å². The summed E-state index contributed by atoms with van der Waals surface area (Å²) in [6.07, 6.45) is -0.123. The van der Waals surface area contributed by atoms with Crippen molar-refractivity contribution in [1.82, 2.24) is 0 Å². The smallest absolute Gasteiger partial charge is 0.265 e. The van der Waals surface area contributed by atoms with E-state index in [9.17, 15) is 4.79 Å². The molecule has 0 bridgehead atoms. The van der Waals surface area contributed by atoms with E-state index in [2.05, 4.69) is 5.32 Å². The number of nitrogens with one attached hydrogen (secondary N) is 1. The number of amides is 1. The van der Waals surface area contributed by atoms with Gasteiger partial charge in [-0.15, -0.1) is 0 Å². The van der Waals surface area contributed by atoms with Gasteiger partial charge >= 0.3 is 0 Å². The molecule has 1 heterocycles. The average Bonchev–Trinajstić information content (AvgIpc) is 2.21. The largest absolute Gasteiger partial charge is 0.478 e. The van der Waals surface area contributed by atoms with Gasteiger partial charge in [0.1, 0.15) is 11.4 Å². The van der Waals surface area contributed by atoms with E-state index in [1.54, 1.807) is 12.1 Å². The Hall–Kier alpha value is -0.970. The fourth-order valence-electron chi connectivity index (χ4n) is 1.52. The lowest BCUT2D eigenvalue weighted by atomic mass is 10.1. The summed E-state index contributed by atoms with van der Waals surface area (Å²) < 4.78 is 5.49. The van der Waals surface area contributed by atoms with Crippen LogP contribution >= 0.6 is 23.2 Å². The van der Waals surface area contributed by atoms with Gasteiger partial charge in [-0.3, -0.25) is 4.79 Å². The molecule has 1 unspecified atom stereocenters. The number of ether oxygens (including phenoxy) is 1. The maximum absolute atomic E-state index is 11.6. The highest BCUT2D eigenvalue weighted by atomic mass is 35.5. The summed E-state index contributed by atoms with van der Waals surface area (Å²) in [4.78, 5) is 11.6. The molecular formula is C10H10Cl2N2O2. The van der Waals surface area contributed by atoms with Gasteiger partial charge in [0.2, 0.25) is 0 Å². The molecular weight excluding hydrogens is 251 g/mol. The molecule has 0 saturated carbocycles. The topological polar surface area (TPSA) is 64.3 Å². The van der Waals surface area contributed by atoms with Crippen molar-refractivity contribution in [3.63, 3.8) is 0 Å². The molecule has 0 spiro atoms. The Morgan fingerprint density at radius 1 is 1.44 bits per heavy atom. The highest BCUT2D eigenvalue weighted by molar-refractivity contribution is 6.37. The van der Waals surface area contributed by atoms with Gasteiger partial charge < -0.3 is 15.8 Å². The number of fused-ring (bicyclic) bond motifs is 1. The van der Waals surface area contributed by atoms with Crippen LogP contribution in [0.15, 0.2) is 12.1 Å². The van der Waals surface area contributed by atoms with Gasteiger partial charge in [0.15, 0.2) is 6.10 Å². The first-order valence-electron chi connectivity index (χ1n) is 4.78. The quantitative estimate of drug-likeness (QED) is 0.856. The molecule has 16 heavy (non-hydrogen) atoms. The summed E-state index contributed by atoms with van der Waals surface area (Å²) in [6, 6.07) is 3.17. The van der Waals surface area contributed by atoms with Gasteiger partial charge in [0, 0.05) is 17.5 Å². The van der Waals surface area contributed by atoms with E-state index in [4.69, 9.17) is 33.7 Å². The summed E-state index contributed by atoms with van der Waals surface area (Å²) in [7, 11) is 0. The van der Waals surface area contributed by atoms with Crippen LogP contribution in [0.2, 0.25) is 10.0 Å². The van der Waals surface area contributed by atoms with Gasteiger partial charge in [0.25, 0.3) is 5.91 Å². The lowest BCUT2D eigenvalue weighted by molar-refractivity contribution is -0.123. The number of hydrogen-bond donors (Lipinski definition) is 2. The number of halogens is 2. The number of hydrogen-bond acceptors (Lipinski definition) is 3. The number of carbonyl (C=O) groups excluding carboxylic acids is 1. The van der Waals surface area contributed by atoms with E-state index in [0.717, 1.165) is 0 Å². The minimum absolute atomic E-state index is 0.234. The molecule has 0 radical (unpaired) electrons. The van der Waals surface area contributed by atoms with Gasteiger partial charge in [-0.05, 0) is 12.6 Å². The summed E-state index contributed by atoms with van der Waals surface area (Å²) in [5.41, 5.74) is 5.85. The number of nitrogens with two attached hydrogens (primary N) is 1. The first-order chi connectivity index (χ1) is 7.61. The van der Waals surface area contributed by atoms with E-state index >= 15 is 0 Å². The van der Waals surface area contributed by atoms with Crippen molar-refractivity contribution >= 4 is 34.8 Å². The second-order valence-electron chi connectivity index (χ2n) is 3.43. The summed E-state index contributed by atoms with van der Waals surface area (Å²) in [6.45, 7) is 0.377. The second-order valence-corrected chi connectivity index (χ2v) is 4.28. The van der Waals surface area contributed by atoms with Gasteiger partial charge in [-0.2, -0.15) is 0 Å². The Bertz CT molecular complexity index is 437. The molecule has 0 saturated heterocycles. The van der Waals surface area contributed by atoms with Gasteiger partial charge in [-0.1, -0.05) is 23.2 Å². The highest BCUT2D eigenvalue weighted by Crippen LogP contribution is 2.39. The Labute approximate surface area is 103 Å². The van der Waals surface area contributed by atoms with Crippen LogP contribution in [0.5, 0.6) is 5.75 Å². The van der Waals surface area contributed by atoms with Crippen LogP contribution in [0, 0.1) is 0 Å². The van der Waals surface area contributed by atoms with Crippen LogP contribution in [0.25, 0.3) is 0 Å². The van der Waals surface area contributed by atoms with Crippen molar-refractivity contribution in [3.05, 3.63) is 22.2 Å². The van der Waals surface area contributed by atoms with E-state index < -0.39 is 6.10 Å². The minimum atomic E-state index is -0.577. The number of anilines is 1. The summed E-state index contributed by atoms with van der Waals surface area (Å²) >= 11 is 11.8. The normalized spacial score (nSPS) is 18.7. The zero-order chi connectivity index (χ0) is 11.7. The molecule has 3 N–H and O–H groups in total. The van der Waals surface area contributed by atoms with Crippen molar-refractivity contribution in [1.29, 1.82) is 0 Å². The van der Waals surface area contributed by atoms with Crippen LogP contribution < -0.4 is 15.8 Å². The zero-order valence-corrected chi connectivity index (χ0v) is 9.81. The first kappa shape index (κ1) is 11.5. The monoisotopic (exact) mass is 260 g/mol. The van der Waals surface area contributed by atoms with E-state index in [-0.39, 0.29) is 5.91 Å². The Morgan fingerprint density at radius 2 is 2.19 bits per heavy atom. The minimum Gasteiger partial charge on any atom is -0.478 e. The Kier molecular flexibility index (Phi) is 3.23. The van der Waals surface area contributed by atoms with Crippen LogP contribution in [-0.2, 0) is 4.79 Å². The zero-order valence-electron chi connectivity index (χ0n) is 8.30. The third kappa shape index (κ3) is 2.09. The molecule has 1 atom stereocenters. The molecule has 1 aliphatic heterocycles. The number of benzene rings is 1. The van der Waals surface area contributed by atoms with Crippen molar-refractivity contribution in [3.8, 4) is 5.75 Å². The van der Waals surface area contributed by atoms with Crippen LogP contribution in [0.1, 0.15) is 6.42 Å². The summed E-state index contributed by atoms with van der Waals surface area (Å²) in [5, 5.41) is 3.51. The molecule has 1 aromatic carbocycles. The molecule has 0 aliphatic carbocycles. The van der Waals surface area contributed by atoms with Crippen molar-refractivity contribution in [2.24, 2.45) is 5.73 Å². The lowest BCUT2D eigenvalue weighted by Gasteiger charge is -2.26. The average molecular weight is 261 g/mol. The maximum atomic E-state index is 11.6. The molecule has 86 valence electrons. The maximum Gasteiger partial charge on any atom is 0.265 e. The predicted molar refractivity (Wildman–Crippen MR) is 63.2 cm³/mol. The summed E-state index contributed by atoms with van der Waals surface area (Å²) in [5.74, 6) is 0.248. The molecule has 4 nitrogen and oxygen atoms in total. The lowest BCUT2D eigenvalue weighted by Crippen LogP contribution is -2.38. The number of rotatable bonds is 2. The molecule has 0 fully saturated rings. The fourth-order valence-corrected chi connectivity index (χ4v) is 2.04. The van der Waals surface area contributed by atoms with Crippen LogP contribution in [0.3, 0.4) is 0 Å². The van der Waals surface area contributed by atoms with Crippen molar-refractivity contribution in [2.45, 2.75) is 12.5 Å². The van der Waals surface area contributed by atoms with Gasteiger partial charge in [-0.25, -0.2) is 0 Å². The Balaban J connectivity index is 2.35. The third-order valence-electron chi connectivity index (χ3n) is 2.26. The van der Waals surface area contributed by atoms with Crippen LogP contribution in [-0.4, -0.2) is 18.6 Å². The fraction of sp³-hybridized carbons (Fsp3) is 0.300. The van der Waals surface area contributed by atoms with E-state index in [0.29, 0.717) is 34.4 Å². The molecule has 2 rings (SSSR count). The molecule has 1 aromatic rings. The third-order valence-corrected chi connectivity index (χ3v) is 2.77. The van der Waals surface area contributed by atoms with Crippen molar-refractivity contribution in [2.75, 3.05) is 11.9 Å².